The van der Waals surface area contributed by atoms with E-state index in [1.807, 2.05) is 18.4 Å². The van der Waals surface area contributed by atoms with Crippen LogP contribution in [0.25, 0.3) is 21.8 Å². The fourth-order valence-electron chi connectivity index (χ4n) is 6.61. The Kier molecular flexibility index (Phi) is 20.0. The number of aromatic nitrogens is 1. The van der Waals surface area contributed by atoms with Crippen molar-refractivity contribution in [3.63, 3.8) is 0 Å². The number of methoxy groups -OCH3 is 2. The third-order valence-electron chi connectivity index (χ3n) is 9.32. The fourth-order valence-corrected chi connectivity index (χ4v) is 7.09. The van der Waals surface area contributed by atoms with Crippen LogP contribution in [0.5, 0.6) is 17.2 Å². The Morgan fingerprint density at radius 1 is 0.705 bits per heavy atom. The average Bonchev–Trinajstić information content (AvgIpc) is 3.21. The smallest absolute Gasteiger partial charge is 0.345 e. The van der Waals surface area contributed by atoms with Crippen molar-refractivity contribution >= 4 is 43.9 Å². The number of ether oxygens (including phenoxy) is 9. The number of hydrogen-bond donors (Lipinski definition) is 1. The van der Waals surface area contributed by atoms with Crippen molar-refractivity contribution < 1.29 is 74.9 Å². The molecule has 336 valence electrons. The number of carboxylic acid groups (broad SMARTS) is 1. The maximum Gasteiger partial charge on any atom is 0.345 e. The molecule has 0 amide bonds. The molecule has 1 heterocycles. The Balaban J connectivity index is 1.94. The summed E-state index contributed by atoms with van der Waals surface area (Å²) in [6, 6.07) is 13.2. The van der Waals surface area contributed by atoms with Gasteiger partial charge in [0.25, 0.3) is 0 Å². The number of nitrogens with zero attached hydrogens (tertiary/aromatic N) is 1. The summed E-state index contributed by atoms with van der Waals surface area (Å²) >= 11 is 0. The highest BCUT2D eigenvalue weighted by molar-refractivity contribution is 7.85. The first-order valence-electron chi connectivity index (χ1n) is 20.4. The second-order valence-electron chi connectivity index (χ2n) is 14.4. The Labute approximate surface area is 357 Å². The molecule has 4 rings (SSSR count). The van der Waals surface area contributed by atoms with Crippen LogP contribution in [0, 0.1) is 13.8 Å². The van der Waals surface area contributed by atoms with E-state index in [0.717, 1.165) is 12.8 Å². The number of benzene rings is 3. The van der Waals surface area contributed by atoms with Crippen LogP contribution in [0.1, 0.15) is 65.0 Å². The minimum absolute atomic E-state index is 0.0133. The lowest BCUT2D eigenvalue weighted by Crippen LogP contribution is -2.37. The normalized spacial score (nSPS) is 11.9. The summed E-state index contributed by atoms with van der Waals surface area (Å²) in [7, 11) is -1.39. The molecule has 1 N–H and O–H groups in total. The van der Waals surface area contributed by atoms with Gasteiger partial charge in [-0.05, 0) is 74.2 Å². The predicted octanol–water partition coefficient (Wildman–Crippen LogP) is 5.42. The van der Waals surface area contributed by atoms with Gasteiger partial charge in [-0.3, -0.25) is 0 Å². The molecule has 0 bridgehead atoms. The number of esters is 1. The largest absolute Gasteiger partial charge is 0.748 e. The van der Waals surface area contributed by atoms with Crippen molar-refractivity contribution in [2.75, 3.05) is 86.0 Å². The summed E-state index contributed by atoms with van der Waals surface area (Å²) in [6.45, 7) is 10.7. The summed E-state index contributed by atoms with van der Waals surface area (Å²) in [4.78, 5) is 26.6. The third kappa shape index (κ3) is 15.1. The van der Waals surface area contributed by atoms with Crippen LogP contribution in [0.4, 0.5) is 0 Å². The van der Waals surface area contributed by atoms with Crippen molar-refractivity contribution in [1.29, 1.82) is 0 Å². The number of aromatic carboxylic acids is 1. The Hall–Kier alpha value is -4.46. The van der Waals surface area contributed by atoms with E-state index in [2.05, 4.69) is 0 Å². The highest BCUT2D eigenvalue weighted by atomic mass is 32.2. The van der Waals surface area contributed by atoms with Gasteiger partial charge in [0.2, 0.25) is 11.0 Å². The molecular weight excluding hydrogens is 815 g/mol. The van der Waals surface area contributed by atoms with Gasteiger partial charge in [-0.1, -0.05) is 13.8 Å². The first-order valence-corrected chi connectivity index (χ1v) is 21.9. The zero-order valence-corrected chi connectivity index (χ0v) is 36.7. The summed E-state index contributed by atoms with van der Waals surface area (Å²) in [6.07, 6.45) is 0.540. The van der Waals surface area contributed by atoms with E-state index in [-0.39, 0.29) is 56.3 Å². The van der Waals surface area contributed by atoms with E-state index < -0.39 is 40.0 Å². The Bertz CT molecular complexity index is 2120. The molecule has 0 aliphatic rings. The highest BCUT2D eigenvalue weighted by Crippen LogP contribution is 2.34. The quantitative estimate of drug-likeness (QED) is 0.0181. The standard InChI is InChI=1S/C44H59NO15S/c1-7-15-54-26-35(27-55-16-8-2)58-33-10-12-39-37(24-33)41(44(48)60-42-30(3)22-32(43(46)47)23-31(42)4)38-25-34(11-13-40(38)45(39)14-9-21-61(49,50)51)59-36(28-56-19-17-52-5)29-57-20-18-53-6/h10-13,22-25,35-36H,7-9,14-21,26-29H2,1-6H3,(H-,46,47,49,50,51). The van der Waals surface area contributed by atoms with E-state index in [1.165, 1.54) is 12.1 Å². The molecule has 1 aromatic heterocycles. The van der Waals surface area contributed by atoms with E-state index >= 15 is 0 Å². The van der Waals surface area contributed by atoms with Crippen molar-refractivity contribution in [3.8, 4) is 17.2 Å². The van der Waals surface area contributed by atoms with E-state index in [1.54, 1.807) is 64.5 Å². The number of aryl methyl sites for hydroxylation is 3. The van der Waals surface area contributed by atoms with Gasteiger partial charge < -0.3 is 52.3 Å². The van der Waals surface area contributed by atoms with Gasteiger partial charge in [-0.2, -0.15) is 4.57 Å². The maximum absolute atomic E-state index is 14.8. The molecule has 16 nitrogen and oxygen atoms in total. The first-order chi connectivity index (χ1) is 29.3. The first kappa shape index (κ1) is 49.2. The zero-order chi connectivity index (χ0) is 44.4. The number of hydrogen-bond acceptors (Lipinski definition) is 14. The monoisotopic (exact) mass is 873 g/mol. The van der Waals surface area contributed by atoms with Crippen molar-refractivity contribution in [2.24, 2.45) is 0 Å². The van der Waals surface area contributed by atoms with Gasteiger partial charge in [-0.25, -0.2) is 18.0 Å². The molecule has 0 spiro atoms. The van der Waals surface area contributed by atoms with Crippen LogP contribution in [0.2, 0.25) is 0 Å². The SMILES string of the molecule is CCCOCC(COCCC)Oc1ccc2c(c1)c(C(=O)Oc1c(C)cc(C(=O)O)cc1C)c1cc(OC(COCCOC)COCCOC)ccc1[n+]2CCCS(=O)(=O)[O-]. The van der Waals surface area contributed by atoms with Gasteiger partial charge >= 0.3 is 11.9 Å². The molecule has 3 aromatic carbocycles. The van der Waals surface area contributed by atoms with Crippen LogP contribution >= 0.6 is 0 Å². The van der Waals surface area contributed by atoms with E-state index in [0.29, 0.717) is 84.1 Å². The molecule has 0 aliphatic heterocycles. The topological polar surface area (TPSA) is 199 Å². The van der Waals surface area contributed by atoms with Crippen molar-refractivity contribution in [1.82, 2.24) is 0 Å². The van der Waals surface area contributed by atoms with Gasteiger partial charge in [0.05, 0.1) is 84.9 Å². The second kappa shape index (κ2) is 24.8. The van der Waals surface area contributed by atoms with Gasteiger partial charge in [0.15, 0.2) is 6.54 Å². The summed E-state index contributed by atoms with van der Waals surface area (Å²) in [5.74, 6) is -1.54. The summed E-state index contributed by atoms with van der Waals surface area (Å²) in [5.41, 5.74) is 2.08. The number of fused-ring (bicyclic) bond motifs is 2. The van der Waals surface area contributed by atoms with Crippen LogP contribution in [0.15, 0.2) is 48.5 Å². The Morgan fingerprint density at radius 3 is 1.57 bits per heavy atom. The average molecular weight is 874 g/mol. The zero-order valence-electron chi connectivity index (χ0n) is 35.9. The molecule has 0 radical (unpaired) electrons. The minimum atomic E-state index is -4.53. The lowest BCUT2D eigenvalue weighted by molar-refractivity contribution is -0.645. The molecule has 0 unspecified atom stereocenters. The van der Waals surface area contributed by atoms with E-state index in [9.17, 15) is 27.7 Å². The third-order valence-corrected chi connectivity index (χ3v) is 10.1. The lowest BCUT2D eigenvalue weighted by atomic mass is 10.0. The van der Waals surface area contributed by atoms with Gasteiger partial charge in [-0.15, -0.1) is 0 Å². The molecule has 61 heavy (non-hydrogen) atoms. The van der Waals surface area contributed by atoms with Gasteiger partial charge in [0.1, 0.15) is 29.5 Å². The lowest BCUT2D eigenvalue weighted by Gasteiger charge is -2.21. The number of carboxylic acids is 1. The molecule has 0 fully saturated rings. The second-order valence-corrected chi connectivity index (χ2v) is 15.9. The van der Waals surface area contributed by atoms with Gasteiger partial charge in [0, 0.05) is 51.7 Å². The summed E-state index contributed by atoms with van der Waals surface area (Å²) < 4.78 is 89.6. The molecular formula is C44H59NO15S. The molecule has 0 atom stereocenters. The molecule has 0 saturated heterocycles. The van der Waals surface area contributed by atoms with Crippen LogP contribution in [-0.4, -0.2) is 128 Å². The minimum Gasteiger partial charge on any atom is -0.748 e. The highest BCUT2D eigenvalue weighted by Gasteiger charge is 2.29. The van der Waals surface area contributed by atoms with Crippen molar-refractivity contribution in [3.05, 3.63) is 70.8 Å². The molecule has 4 aromatic rings. The fraction of sp³-hybridized carbons (Fsp3) is 0.523. The van der Waals surface area contributed by atoms with Crippen LogP contribution in [0.3, 0.4) is 0 Å². The molecule has 0 saturated carbocycles. The number of rotatable bonds is 29. The van der Waals surface area contributed by atoms with Crippen molar-refractivity contribution in [2.45, 2.75) is 65.7 Å². The summed E-state index contributed by atoms with van der Waals surface area (Å²) in [5, 5.41) is 10.4. The molecule has 17 heteroatoms. The molecule has 0 aliphatic carbocycles. The van der Waals surface area contributed by atoms with E-state index in [4.69, 9.17) is 42.6 Å². The van der Waals surface area contributed by atoms with Crippen LogP contribution < -0.4 is 18.8 Å². The maximum atomic E-state index is 14.8. The number of pyridine rings is 1. The predicted molar refractivity (Wildman–Crippen MR) is 225 cm³/mol. The number of carbonyl (C=O) groups is 2. The Morgan fingerprint density at radius 2 is 1.16 bits per heavy atom. The number of carbonyl (C=O) groups excluding carboxylic acids is 1. The van der Waals surface area contributed by atoms with Crippen LogP contribution in [-0.2, 0) is 45.1 Å².